The topological polar surface area (TPSA) is 117 Å². The fraction of sp³-hybridized carbons (Fsp3) is 0.294. The second kappa shape index (κ2) is 12.0. The average molecular weight is 565 g/mol. The predicted octanol–water partition coefficient (Wildman–Crippen LogP) is 5.56. The number of hydrogen-bond donors (Lipinski definition) is 4. The molecule has 216 valence electrons. The van der Waals surface area contributed by atoms with Gasteiger partial charge in [-0.2, -0.15) is 0 Å². The molecule has 8 nitrogen and oxygen atoms in total. The Hall–Kier alpha value is -4.08. The summed E-state index contributed by atoms with van der Waals surface area (Å²) in [7, 11) is 0. The lowest BCUT2D eigenvalue weighted by molar-refractivity contribution is 0.291. The van der Waals surface area contributed by atoms with Crippen LogP contribution in [-0.2, 0) is 13.1 Å². The highest BCUT2D eigenvalue weighted by Gasteiger charge is 2.38. The van der Waals surface area contributed by atoms with Crippen LogP contribution in [0.5, 0.6) is 0 Å². The highest BCUT2D eigenvalue weighted by molar-refractivity contribution is 5.80. The fourth-order valence-electron chi connectivity index (χ4n) is 5.62. The Kier molecular flexibility index (Phi) is 8.04. The molecule has 6 rings (SSSR count). The van der Waals surface area contributed by atoms with E-state index >= 15 is 0 Å². The van der Waals surface area contributed by atoms with E-state index in [2.05, 4.69) is 54.8 Å². The molecule has 1 aliphatic rings. The van der Waals surface area contributed by atoms with Crippen molar-refractivity contribution in [1.82, 2.24) is 20.6 Å². The van der Waals surface area contributed by atoms with Crippen molar-refractivity contribution in [3.05, 3.63) is 101 Å². The summed E-state index contributed by atoms with van der Waals surface area (Å²) in [5.41, 5.74) is 8.20. The van der Waals surface area contributed by atoms with Crippen LogP contribution in [0.3, 0.4) is 0 Å². The van der Waals surface area contributed by atoms with E-state index < -0.39 is 0 Å². The summed E-state index contributed by atoms with van der Waals surface area (Å²) in [6, 6.07) is 20.4. The average Bonchev–Trinajstić information content (AvgIpc) is 3.61. The third-order valence-corrected chi connectivity index (χ3v) is 7.88. The van der Waals surface area contributed by atoms with E-state index in [1.54, 1.807) is 0 Å². The van der Waals surface area contributed by atoms with Gasteiger partial charge in [0.2, 0.25) is 11.8 Å². The van der Waals surface area contributed by atoms with Gasteiger partial charge < -0.3 is 29.7 Å². The molecule has 1 atom stereocenters. The Morgan fingerprint density at radius 2 is 1.43 bits per heavy atom. The first kappa shape index (κ1) is 28.1. The number of fused-ring (bicyclic) bond motifs is 2. The summed E-state index contributed by atoms with van der Waals surface area (Å²) < 4.78 is 12.5. The van der Waals surface area contributed by atoms with Gasteiger partial charge >= 0.3 is 0 Å². The minimum Gasteiger partial charge on any atom is -0.440 e. The Labute approximate surface area is 244 Å². The minimum atomic E-state index is -0.294. The molecule has 0 saturated heterocycles. The molecule has 0 amide bonds. The van der Waals surface area contributed by atoms with Crippen molar-refractivity contribution in [1.29, 1.82) is 0 Å². The number of rotatable bonds is 11. The normalized spacial score (nSPS) is 16.4. The summed E-state index contributed by atoms with van der Waals surface area (Å²) in [4.78, 5) is 9.63. The first-order valence-electron chi connectivity index (χ1n) is 14.4. The van der Waals surface area contributed by atoms with Crippen LogP contribution >= 0.6 is 0 Å². The molecule has 1 unspecified atom stereocenters. The molecule has 0 aliphatic heterocycles. The number of allylic oxidation sites excluding steroid dienone is 4. The number of hydrogen-bond acceptors (Lipinski definition) is 8. The number of oxazole rings is 2. The molecule has 0 saturated carbocycles. The molecule has 0 fully saturated rings. The van der Waals surface area contributed by atoms with E-state index in [4.69, 9.17) is 29.0 Å². The first-order chi connectivity index (χ1) is 20.5. The van der Waals surface area contributed by atoms with E-state index in [9.17, 15) is 0 Å². The predicted molar refractivity (Wildman–Crippen MR) is 165 cm³/mol. The molecule has 5 aromatic rings. The van der Waals surface area contributed by atoms with Crippen molar-refractivity contribution in [2.45, 2.75) is 32.9 Å². The van der Waals surface area contributed by atoms with Crippen LogP contribution in [0, 0.1) is 5.41 Å². The number of aromatic nitrogens is 2. The summed E-state index contributed by atoms with van der Waals surface area (Å²) >= 11 is 0. The van der Waals surface area contributed by atoms with Crippen LogP contribution < -0.4 is 10.6 Å². The van der Waals surface area contributed by atoms with Gasteiger partial charge in [0, 0.05) is 37.2 Å². The Bertz CT molecular complexity index is 1760. The summed E-state index contributed by atoms with van der Waals surface area (Å²) in [6.07, 6.45) is 6.42. The van der Waals surface area contributed by atoms with Crippen molar-refractivity contribution in [2.24, 2.45) is 5.41 Å². The molecular weight excluding hydrogens is 528 g/mol. The van der Waals surface area contributed by atoms with Crippen LogP contribution in [-0.4, -0.2) is 46.5 Å². The number of benzene rings is 3. The molecule has 0 bridgehead atoms. The molecule has 0 spiro atoms. The standard InChI is InChI=1S/C34H36N4O4/c1-34(2)26(7-4-8-27(34)33-38-29-12-10-23(18-31(29)42-33)21-36-14-16-40)24-5-3-6-25(19-24)32-37-28-11-9-22(17-30(28)41-32)20-35-13-15-39/h3-12,17-19,27,35-36,39-40H,13-16,20-21H2,1-2H3. The van der Waals surface area contributed by atoms with Gasteiger partial charge in [-0.1, -0.05) is 56.3 Å². The lowest BCUT2D eigenvalue weighted by Crippen LogP contribution is -2.25. The third kappa shape index (κ3) is 5.67. The Morgan fingerprint density at radius 1 is 0.786 bits per heavy atom. The van der Waals surface area contributed by atoms with Gasteiger partial charge in [0.15, 0.2) is 11.2 Å². The van der Waals surface area contributed by atoms with Gasteiger partial charge in [-0.15, -0.1) is 0 Å². The zero-order chi connectivity index (χ0) is 29.1. The summed E-state index contributed by atoms with van der Waals surface area (Å²) in [5, 5.41) is 24.5. The van der Waals surface area contributed by atoms with Crippen LogP contribution in [0.2, 0.25) is 0 Å². The van der Waals surface area contributed by atoms with Crippen molar-refractivity contribution < 1.29 is 19.0 Å². The van der Waals surface area contributed by atoms with Crippen LogP contribution in [0.15, 0.2) is 87.7 Å². The zero-order valence-electron chi connectivity index (χ0n) is 23.9. The maximum absolute atomic E-state index is 9.04. The lowest BCUT2D eigenvalue weighted by Gasteiger charge is -2.35. The lowest BCUT2D eigenvalue weighted by atomic mass is 9.68. The second-order valence-corrected chi connectivity index (χ2v) is 11.2. The molecule has 8 heteroatoms. The quantitative estimate of drug-likeness (QED) is 0.154. The highest BCUT2D eigenvalue weighted by Crippen LogP contribution is 2.49. The van der Waals surface area contributed by atoms with Gasteiger partial charge in [-0.25, -0.2) is 9.97 Å². The SMILES string of the molecule is CC1(C)C(c2cccc(-c3nc4ccc(CNCCO)cc4o3)c2)=CC=CC1c1nc2ccc(CNCCO)cc2o1. The van der Waals surface area contributed by atoms with Crippen LogP contribution in [0.1, 0.15) is 42.3 Å². The van der Waals surface area contributed by atoms with Gasteiger partial charge in [0.05, 0.1) is 19.1 Å². The molecule has 1 aliphatic carbocycles. The molecule has 42 heavy (non-hydrogen) atoms. The van der Waals surface area contributed by atoms with Gasteiger partial charge in [0.1, 0.15) is 11.0 Å². The van der Waals surface area contributed by atoms with Crippen molar-refractivity contribution in [2.75, 3.05) is 26.3 Å². The largest absolute Gasteiger partial charge is 0.440 e. The van der Waals surface area contributed by atoms with Gasteiger partial charge in [-0.3, -0.25) is 0 Å². The maximum atomic E-state index is 9.04. The third-order valence-electron chi connectivity index (χ3n) is 7.88. The van der Waals surface area contributed by atoms with Gasteiger partial charge in [0.25, 0.3) is 0 Å². The van der Waals surface area contributed by atoms with Crippen LogP contribution in [0.4, 0.5) is 0 Å². The molecule has 0 radical (unpaired) electrons. The number of nitrogens with one attached hydrogen (secondary N) is 2. The number of nitrogens with zero attached hydrogens (tertiary/aromatic N) is 2. The molecule has 3 aromatic carbocycles. The molecule has 2 heterocycles. The molecular formula is C34H36N4O4. The van der Waals surface area contributed by atoms with E-state index in [0.29, 0.717) is 38.0 Å². The van der Waals surface area contributed by atoms with E-state index in [1.165, 1.54) is 5.57 Å². The Morgan fingerprint density at radius 3 is 2.12 bits per heavy atom. The van der Waals surface area contributed by atoms with Crippen molar-refractivity contribution >= 4 is 27.8 Å². The molecule has 2 aromatic heterocycles. The number of aliphatic hydroxyl groups is 2. The molecule has 4 N–H and O–H groups in total. The minimum absolute atomic E-state index is 0.0493. The number of aliphatic hydroxyl groups excluding tert-OH is 2. The van der Waals surface area contributed by atoms with Crippen LogP contribution in [0.25, 0.3) is 39.2 Å². The maximum Gasteiger partial charge on any atom is 0.227 e. The van der Waals surface area contributed by atoms with E-state index in [0.717, 1.165) is 44.5 Å². The Balaban J connectivity index is 1.25. The van der Waals surface area contributed by atoms with Gasteiger partial charge in [-0.05, 0) is 58.7 Å². The second-order valence-electron chi connectivity index (χ2n) is 11.2. The summed E-state index contributed by atoms with van der Waals surface area (Å²) in [6.45, 7) is 7.08. The summed E-state index contributed by atoms with van der Waals surface area (Å²) in [5.74, 6) is 1.22. The zero-order valence-corrected chi connectivity index (χ0v) is 23.9. The van der Waals surface area contributed by atoms with E-state index in [-0.39, 0.29) is 24.5 Å². The smallest absolute Gasteiger partial charge is 0.227 e. The fourth-order valence-corrected chi connectivity index (χ4v) is 5.62. The van der Waals surface area contributed by atoms with Crippen molar-refractivity contribution in [3.8, 4) is 11.5 Å². The monoisotopic (exact) mass is 564 g/mol. The highest BCUT2D eigenvalue weighted by atomic mass is 16.4. The van der Waals surface area contributed by atoms with E-state index in [1.807, 2.05) is 48.5 Å². The first-order valence-corrected chi connectivity index (χ1v) is 14.4. The van der Waals surface area contributed by atoms with Crippen molar-refractivity contribution in [3.63, 3.8) is 0 Å².